The highest BCUT2D eigenvalue weighted by molar-refractivity contribution is 4.65. The molecule has 0 amide bonds. The van der Waals surface area contributed by atoms with Crippen LogP contribution in [-0.4, -0.2) is 22.9 Å². The zero-order valence-corrected chi connectivity index (χ0v) is 3.46. The smallest absolute Gasteiger partial charge is 0.120 e. The number of hydrogen-bond donors (Lipinski definition) is 2. The van der Waals surface area contributed by atoms with Gasteiger partial charge >= 0.3 is 0 Å². The summed E-state index contributed by atoms with van der Waals surface area (Å²) in [4.78, 5) is 0. The van der Waals surface area contributed by atoms with Crippen molar-refractivity contribution in [3.05, 3.63) is 0 Å². The van der Waals surface area contributed by atoms with Gasteiger partial charge in [0.15, 0.2) is 0 Å². The number of hydrogen-bond acceptors (Lipinski definition) is 3. The average molecular weight is 88.1 g/mol. The van der Waals surface area contributed by atoms with Crippen LogP contribution in [0, 0.1) is 0 Å². The zero-order chi connectivity index (χ0) is 4.57. The lowest BCUT2D eigenvalue weighted by molar-refractivity contribution is -0.0748. The van der Waals surface area contributed by atoms with E-state index in [1.807, 2.05) is 0 Å². The Kier molecular flexibility index (Phi) is 0.799. The van der Waals surface area contributed by atoms with Crippen LogP contribution < -0.4 is 5.84 Å². The van der Waals surface area contributed by atoms with E-state index in [2.05, 4.69) is 0 Å². The van der Waals surface area contributed by atoms with E-state index in [0.717, 1.165) is 13.0 Å². The maximum Gasteiger partial charge on any atom is 0.120 e. The Labute approximate surface area is 36.3 Å². The largest absolute Gasteiger partial charge is 0.377 e. The highest BCUT2D eigenvalue weighted by Crippen LogP contribution is 2.06. The summed E-state index contributed by atoms with van der Waals surface area (Å²) in [5, 5.41) is 9.92. The predicted molar refractivity (Wildman–Crippen MR) is 21.5 cm³/mol. The van der Waals surface area contributed by atoms with Gasteiger partial charge in [-0.05, 0) is 0 Å². The summed E-state index contributed by atoms with van der Waals surface area (Å²) in [6, 6.07) is 0. The van der Waals surface area contributed by atoms with E-state index < -0.39 is 0 Å². The van der Waals surface area contributed by atoms with E-state index in [0.29, 0.717) is 0 Å². The van der Waals surface area contributed by atoms with Crippen LogP contribution in [0.5, 0.6) is 0 Å². The van der Waals surface area contributed by atoms with Gasteiger partial charge in [0.2, 0.25) is 0 Å². The second kappa shape index (κ2) is 1.18. The lowest BCUT2D eigenvalue weighted by Crippen LogP contribution is -2.51. The van der Waals surface area contributed by atoms with E-state index in [9.17, 15) is 0 Å². The Morgan fingerprint density at radius 2 is 2.33 bits per heavy atom. The molecule has 1 atom stereocenters. The monoisotopic (exact) mass is 88.1 g/mol. The van der Waals surface area contributed by atoms with Gasteiger partial charge in [-0.2, -0.15) is 0 Å². The van der Waals surface area contributed by atoms with Crippen molar-refractivity contribution in [2.75, 3.05) is 6.54 Å². The molecule has 0 aromatic heterocycles. The molecule has 1 saturated heterocycles. The van der Waals surface area contributed by atoms with Gasteiger partial charge in [0.05, 0.1) is 0 Å². The Balaban J connectivity index is 2.20. The van der Waals surface area contributed by atoms with Gasteiger partial charge in [0, 0.05) is 13.0 Å². The van der Waals surface area contributed by atoms with Gasteiger partial charge in [-0.1, -0.05) is 0 Å². The normalized spacial score (nSPS) is 36.0. The number of rotatable bonds is 0. The van der Waals surface area contributed by atoms with E-state index in [1.54, 1.807) is 0 Å². The van der Waals surface area contributed by atoms with Crippen LogP contribution in [0.2, 0.25) is 0 Å². The first-order valence-corrected chi connectivity index (χ1v) is 2.00. The van der Waals surface area contributed by atoms with E-state index >= 15 is 0 Å². The lowest BCUT2D eigenvalue weighted by Gasteiger charge is -2.31. The molecule has 3 N–H and O–H groups in total. The maximum absolute atomic E-state index is 8.52. The highest BCUT2D eigenvalue weighted by atomic mass is 16.3. The third kappa shape index (κ3) is 0.408. The van der Waals surface area contributed by atoms with Gasteiger partial charge in [-0.15, -0.1) is 0 Å². The first-order chi connectivity index (χ1) is 2.80. The Hall–Kier alpha value is -0.120. The Morgan fingerprint density at radius 1 is 1.83 bits per heavy atom. The molecule has 0 radical (unpaired) electrons. The minimum atomic E-state index is -0.356. The second-order valence-corrected chi connectivity index (χ2v) is 1.51. The molecule has 0 aromatic carbocycles. The molecule has 0 aromatic rings. The van der Waals surface area contributed by atoms with Crippen molar-refractivity contribution in [2.24, 2.45) is 5.84 Å². The van der Waals surface area contributed by atoms with Crippen molar-refractivity contribution in [2.45, 2.75) is 12.6 Å². The maximum atomic E-state index is 8.52. The van der Waals surface area contributed by atoms with Crippen molar-refractivity contribution in [3.63, 3.8) is 0 Å². The fourth-order valence-corrected chi connectivity index (χ4v) is 0.394. The van der Waals surface area contributed by atoms with Crippen LogP contribution in [0.15, 0.2) is 0 Å². The molecule has 1 aliphatic rings. The molecule has 0 saturated carbocycles. The van der Waals surface area contributed by atoms with Gasteiger partial charge in [0.1, 0.15) is 6.23 Å². The van der Waals surface area contributed by atoms with Gasteiger partial charge in [-0.3, -0.25) is 5.84 Å². The van der Waals surface area contributed by atoms with Crippen molar-refractivity contribution in [1.82, 2.24) is 5.01 Å². The molecule has 36 valence electrons. The van der Waals surface area contributed by atoms with Gasteiger partial charge in [0.25, 0.3) is 0 Å². The van der Waals surface area contributed by atoms with Gasteiger partial charge in [-0.25, -0.2) is 5.01 Å². The van der Waals surface area contributed by atoms with Crippen LogP contribution >= 0.6 is 0 Å². The fraction of sp³-hybridized carbons (Fsp3) is 1.00. The summed E-state index contributed by atoms with van der Waals surface area (Å²) in [5.41, 5.74) is 0. The summed E-state index contributed by atoms with van der Waals surface area (Å²) in [5.74, 6) is 5.11. The fourth-order valence-electron chi connectivity index (χ4n) is 0.394. The first kappa shape index (κ1) is 4.05. The van der Waals surface area contributed by atoms with Crippen LogP contribution in [0.25, 0.3) is 0 Å². The summed E-state index contributed by atoms with van der Waals surface area (Å²) < 4.78 is 0. The SMILES string of the molecule is NN1CCC1O. The number of aliphatic hydroxyl groups excluding tert-OH is 1. The average Bonchev–Trinajstić information content (AvgIpc) is 1.61. The topological polar surface area (TPSA) is 49.5 Å². The third-order valence-electron chi connectivity index (χ3n) is 1.03. The molecule has 1 heterocycles. The standard InChI is InChI=1S/C3H8N2O/c4-5-2-1-3(5)6/h3,6H,1-2,4H2. The predicted octanol–water partition coefficient (Wildman–Crippen LogP) is -1.12. The summed E-state index contributed by atoms with van der Waals surface area (Å²) in [7, 11) is 0. The number of hydrazine groups is 1. The first-order valence-electron chi connectivity index (χ1n) is 2.00. The molecule has 1 rings (SSSR count). The van der Waals surface area contributed by atoms with E-state index in [-0.39, 0.29) is 6.23 Å². The highest BCUT2D eigenvalue weighted by Gasteiger charge is 2.20. The Morgan fingerprint density at radius 3 is 2.33 bits per heavy atom. The van der Waals surface area contributed by atoms with E-state index in [4.69, 9.17) is 10.9 Å². The quantitative estimate of drug-likeness (QED) is 0.369. The molecular weight excluding hydrogens is 80.0 g/mol. The molecule has 1 aliphatic heterocycles. The minimum Gasteiger partial charge on any atom is -0.377 e. The number of nitrogens with two attached hydrogens (primary N) is 1. The lowest BCUT2D eigenvalue weighted by atomic mass is 10.2. The van der Waals surface area contributed by atoms with Crippen molar-refractivity contribution in [1.29, 1.82) is 0 Å². The van der Waals surface area contributed by atoms with Crippen LogP contribution in [-0.2, 0) is 0 Å². The zero-order valence-electron chi connectivity index (χ0n) is 3.46. The van der Waals surface area contributed by atoms with Crippen LogP contribution in [0.3, 0.4) is 0 Å². The number of nitrogens with zero attached hydrogens (tertiary/aromatic N) is 1. The third-order valence-corrected chi connectivity index (χ3v) is 1.03. The van der Waals surface area contributed by atoms with Crippen LogP contribution in [0.4, 0.5) is 0 Å². The molecule has 0 aliphatic carbocycles. The molecule has 1 fully saturated rings. The summed E-state index contributed by atoms with van der Waals surface area (Å²) in [6.45, 7) is 0.834. The van der Waals surface area contributed by atoms with Crippen LogP contribution in [0.1, 0.15) is 6.42 Å². The summed E-state index contributed by atoms with van der Waals surface area (Å²) >= 11 is 0. The molecular formula is C3H8N2O. The minimum absolute atomic E-state index is 0.356. The molecule has 0 spiro atoms. The van der Waals surface area contributed by atoms with Crippen molar-refractivity contribution in [3.8, 4) is 0 Å². The molecule has 1 unspecified atom stereocenters. The Bertz CT molecular complexity index is 48.8. The molecule has 6 heavy (non-hydrogen) atoms. The molecule has 3 heteroatoms. The number of aliphatic hydroxyl groups is 1. The van der Waals surface area contributed by atoms with Crippen molar-refractivity contribution < 1.29 is 5.11 Å². The molecule has 3 nitrogen and oxygen atoms in total. The van der Waals surface area contributed by atoms with Crippen molar-refractivity contribution >= 4 is 0 Å². The molecule has 0 bridgehead atoms. The van der Waals surface area contributed by atoms with Gasteiger partial charge < -0.3 is 5.11 Å². The summed E-state index contributed by atoms with van der Waals surface area (Å²) in [6.07, 6.45) is 0.473. The van der Waals surface area contributed by atoms with E-state index in [1.165, 1.54) is 5.01 Å². The second-order valence-electron chi connectivity index (χ2n) is 1.51.